The van der Waals surface area contributed by atoms with Crippen LogP contribution in [-0.4, -0.2) is 62.7 Å². The fourth-order valence-electron chi connectivity index (χ4n) is 5.64. The molecular weight excluding hydrogens is 634 g/mol. The third-order valence-corrected chi connectivity index (χ3v) is 7.91. The molecule has 0 radical (unpaired) electrons. The van der Waals surface area contributed by atoms with Crippen molar-refractivity contribution in [2.45, 2.75) is 37.8 Å². The summed E-state index contributed by atoms with van der Waals surface area (Å²) in [6.07, 6.45) is 5.13. The Kier molecular flexibility index (Phi) is 12.6. The van der Waals surface area contributed by atoms with Crippen molar-refractivity contribution >= 4 is 57.7 Å². The van der Waals surface area contributed by atoms with E-state index in [-0.39, 0.29) is 44.4 Å². The molecule has 0 fully saturated rings. The molecule has 0 spiro atoms. The predicted molar refractivity (Wildman–Crippen MR) is 189 cm³/mol. The number of benzene rings is 4. The van der Waals surface area contributed by atoms with Crippen LogP contribution in [-0.2, 0) is 19.1 Å². The van der Waals surface area contributed by atoms with Gasteiger partial charge in [0.05, 0.1) is 7.11 Å². The number of ether oxygens (including phenoxy) is 3. The summed E-state index contributed by atoms with van der Waals surface area (Å²) < 4.78 is 17.5. The summed E-state index contributed by atoms with van der Waals surface area (Å²) in [5.41, 5.74) is 12.5. The number of halogens is 1. The lowest BCUT2D eigenvalue weighted by Gasteiger charge is -2.22. The minimum Gasteiger partial charge on any atom is -0.489 e. The van der Waals surface area contributed by atoms with Gasteiger partial charge in [0.1, 0.15) is 30.2 Å². The third kappa shape index (κ3) is 8.74. The molecule has 0 unspecified atom stereocenters. The molecule has 252 valence electrons. The maximum Gasteiger partial charge on any atom is 0.328 e. The van der Waals surface area contributed by atoms with Crippen LogP contribution in [0.4, 0.5) is 0 Å². The first-order valence-electron chi connectivity index (χ1n) is 15.5. The number of aliphatic imine (C=N–C) groups is 1. The van der Waals surface area contributed by atoms with Crippen LogP contribution >= 0.6 is 12.4 Å². The number of carbonyl (C=O) groups is 3. The molecule has 0 aromatic heterocycles. The van der Waals surface area contributed by atoms with E-state index < -0.39 is 29.9 Å². The summed E-state index contributed by atoms with van der Waals surface area (Å²) in [5, 5.41) is 9.43. The van der Waals surface area contributed by atoms with Crippen LogP contribution in [0.15, 0.2) is 89.9 Å². The summed E-state index contributed by atoms with van der Waals surface area (Å²) in [5.74, 6) is -0.527. The molecule has 0 saturated heterocycles. The van der Waals surface area contributed by atoms with E-state index in [2.05, 4.69) is 15.6 Å². The van der Waals surface area contributed by atoms with E-state index in [1.54, 1.807) is 12.2 Å². The number of amides is 2. The van der Waals surface area contributed by atoms with Crippen molar-refractivity contribution in [1.82, 2.24) is 10.6 Å². The number of methoxy groups -OCH3 is 1. The molecule has 12 heteroatoms. The fourth-order valence-corrected chi connectivity index (χ4v) is 5.64. The van der Waals surface area contributed by atoms with Gasteiger partial charge >= 0.3 is 5.97 Å². The molecule has 4 aromatic rings. The average Bonchev–Trinajstić information content (AvgIpc) is 3.08. The van der Waals surface area contributed by atoms with Gasteiger partial charge < -0.3 is 36.3 Å². The molecule has 0 aliphatic carbocycles. The lowest BCUT2D eigenvalue weighted by atomic mass is 9.92. The number of fused-ring (bicyclic) bond motifs is 7. The first-order valence-corrected chi connectivity index (χ1v) is 15.5. The largest absolute Gasteiger partial charge is 0.489 e. The highest BCUT2D eigenvalue weighted by Gasteiger charge is 2.27. The minimum absolute atomic E-state index is 0. The topological polar surface area (TPSA) is 167 Å². The number of nitrogens with one attached hydrogen (secondary N) is 2. The van der Waals surface area contributed by atoms with Crippen LogP contribution in [0.5, 0.6) is 11.5 Å². The molecule has 2 atom stereocenters. The van der Waals surface area contributed by atoms with Gasteiger partial charge in [0, 0.05) is 17.7 Å². The summed E-state index contributed by atoms with van der Waals surface area (Å²) >= 11 is 0. The van der Waals surface area contributed by atoms with E-state index >= 15 is 0 Å². The molecule has 11 nitrogen and oxygen atoms in total. The van der Waals surface area contributed by atoms with Crippen LogP contribution in [0.2, 0.25) is 0 Å². The van der Waals surface area contributed by atoms with E-state index in [9.17, 15) is 14.4 Å². The second-order valence-electron chi connectivity index (χ2n) is 11.1. The van der Waals surface area contributed by atoms with Crippen LogP contribution in [0.1, 0.15) is 25.7 Å². The maximum absolute atomic E-state index is 13.4. The third-order valence-electron chi connectivity index (χ3n) is 7.91. The second-order valence-corrected chi connectivity index (χ2v) is 11.1. The zero-order chi connectivity index (χ0) is 33.2. The van der Waals surface area contributed by atoms with Crippen LogP contribution < -0.4 is 31.6 Å². The van der Waals surface area contributed by atoms with Crippen molar-refractivity contribution in [3.05, 3.63) is 84.9 Å². The monoisotopic (exact) mass is 673 g/mol. The summed E-state index contributed by atoms with van der Waals surface area (Å²) in [4.78, 5) is 43.4. The van der Waals surface area contributed by atoms with E-state index in [1.165, 1.54) is 7.11 Å². The molecular formula is C36H40ClN5O6. The Morgan fingerprint density at radius 3 is 2.10 bits per heavy atom. The summed E-state index contributed by atoms with van der Waals surface area (Å²) in [7, 11) is 1.26. The van der Waals surface area contributed by atoms with Crippen LogP contribution in [0.25, 0.3) is 32.7 Å². The number of carbonyl (C=O) groups excluding carboxylic acids is 3. The van der Waals surface area contributed by atoms with Gasteiger partial charge in [-0.25, -0.2) is 4.79 Å². The number of esters is 1. The Morgan fingerprint density at radius 2 is 1.48 bits per heavy atom. The summed E-state index contributed by atoms with van der Waals surface area (Å²) in [6, 6.07) is 21.8. The van der Waals surface area contributed by atoms with Crippen molar-refractivity contribution in [1.29, 1.82) is 0 Å². The van der Waals surface area contributed by atoms with Gasteiger partial charge in [-0.3, -0.25) is 14.6 Å². The van der Waals surface area contributed by atoms with E-state index in [1.807, 2.05) is 72.8 Å². The van der Waals surface area contributed by atoms with Gasteiger partial charge in [-0.15, -0.1) is 12.4 Å². The molecule has 6 N–H and O–H groups in total. The Morgan fingerprint density at radius 1 is 0.854 bits per heavy atom. The SMILES string of the molecule is COC(=O)[C@@H]1C/C=C\COc2ccc3ccccc3c2-c2c(ccc3ccccc23)OCC(=O)N[C@H](CCCCN=C(N)N)C(=O)N1.Cl. The first-order chi connectivity index (χ1) is 22.9. The van der Waals surface area contributed by atoms with Gasteiger partial charge in [0.25, 0.3) is 5.91 Å². The zero-order valence-electron chi connectivity index (χ0n) is 26.6. The number of nitrogens with two attached hydrogens (primary N) is 2. The van der Waals surface area contributed by atoms with Crippen molar-refractivity contribution in [3.63, 3.8) is 0 Å². The number of hydrogen-bond acceptors (Lipinski definition) is 7. The highest BCUT2D eigenvalue weighted by molar-refractivity contribution is 6.09. The first kappa shape index (κ1) is 35.6. The highest BCUT2D eigenvalue weighted by Crippen LogP contribution is 2.45. The van der Waals surface area contributed by atoms with Gasteiger partial charge in [0.15, 0.2) is 12.6 Å². The lowest BCUT2D eigenvalue weighted by Crippen LogP contribution is -2.52. The zero-order valence-corrected chi connectivity index (χ0v) is 27.5. The Labute approximate surface area is 285 Å². The van der Waals surface area contributed by atoms with Crippen molar-refractivity contribution < 1.29 is 28.6 Å². The predicted octanol–water partition coefficient (Wildman–Crippen LogP) is 4.39. The smallest absolute Gasteiger partial charge is 0.328 e. The number of guanidine groups is 1. The molecule has 2 amide bonds. The summed E-state index contributed by atoms with van der Waals surface area (Å²) in [6.45, 7) is 0.227. The van der Waals surface area contributed by atoms with Gasteiger partial charge in [0.2, 0.25) is 5.91 Å². The fraction of sp³-hybridized carbons (Fsp3) is 0.278. The average molecular weight is 674 g/mol. The molecule has 1 aliphatic heterocycles. The number of nitrogens with zero attached hydrogens (tertiary/aromatic N) is 1. The molecule has 5 rings (SSSR count). The minimum atomic E-state index is -0.969. The van der Waals surface area contributed by atoms with Crippen molar-refractivity contribution in [3.8, 4) is 22.6 Å². The van der Waals surface area contributed by atoms with Gasteiger partial charge in [-0.1, -0.05) is 72.8 Å². The standard InChI is InChI=1S/C36H39N5O6.ClH/c1-45-35(44)28-15-7-9-21-46-29-18-16-23-10-2-4-12-25(23)32(29)33-26-13-5-3-11-24(26)17-19-30(33)47-22-31(42)40-27(34(43)41-28)14-6-8-20-39-36(37)38;/h2-5,7,9-13,16-19,27-28H,6,8,14-15,20-22H2,1H3,(H,40,42)(H,41,43)(H4,37,38,39);1H/b9-7-;/t27-,28+;/m1./s1. The van der Waals surface area contributed by atoms with Gasteiger partial charge in [-0.05, 0) is 59.4 Å². The van der Waals surface area contributed by atoms with E-state index in [0.717, 1.165) is 32.7 Å². The Balaban J connectivity index is 0.00000520. The van der Waals surface area contributed by atoms with Crippen LogP contribution in [0.3, 0.4) is 0 Å². The molecule has 1 aliphatic rings. The molecule has 0 saturated carbocycles. The van der Waals surface area contributed by atoms with Gasteiger partial charge in [-0.2, -0.15) is 0 Å². The second kappa shape index (κ2) is 17.0. The lowest BCUT2D eigenvalue weighted by molar-refractivity contribution is -0.145. The number of rotatable bonds is 6. The highest BCUT2D eigenvalue weighted by atomic mass is 35.5. The number of unbranched alkanes of at least 4 members (excludes halogenated alkanes) is 1. The van der Waals surface area contributed by atoms with Crippen LogP contribution in [0, 0.1) is 0 Å². The maximum atomic E-state index is 13.4. The molecule has 48 heavy (non-hydrogen) atoms. The normalized spacial score (nSPS) is 17.5. The molecule has 0 bridgehead atoms. The Bertz CT molecular complexity index is 1820. The van der Waals surface area contributed by atoms with E-state index in [4.69, 9.17) is 25.7 Å². The quantitative estimate of drug-likeness (QED) is 0.0769. The molecule has 1 heterocycles. The number of hydrogen-bond donors (Lipinski definition) is 4. The van der Waals surface area contributed by atoms with Crippen molar-refractivity contribution in [2.75, 3.05) is 26.9 Å². The van der Waals surface area contributed by atoms with Crippen molar-refractivity contribution in [2.24, 2.45) is 16.5 Å². The Hall–Kier alpha value is -5.29. The van der Waals surface area contributed by atoms with E-state index in [0.29, 0.717) is 30.9 Å². The molecule has 4 aromatic carbocycles.